The van der Waals surface area contributed by atoms with Gasteiger partial charge in [0, 0.05) is 11.8 Å². The molecule has 1 aromatic heterocycles. The first-order valence-corrected chi connectivity index (χ1v) is 6.69. The number of ether oxygens (including phenoxy) is 1. The van der Waals surface area contributed by atoms with Crippen LogP contribution < -0.4 is 9.46 Å². The standard InChI is InChI=1S/C11H13N3O3S/c1-8-7-11(13-12-8)14-18(15,16)10-6-4-3-5-9(10)17-2/h3-7H,1-2H3,(H2,12,13,14). The van der Waals surface area contributed by atoms with Crippen molar-refractivity contribution in [3.8, 4) is 5.75 Å². The molecule has 0 atom stereocenters. The zero-order valence-corrected chi connectivity index (χ0v) is 10.8. The molecule has 0 aliphatic carbocycles. The first-order chi connectivity index (χ1) is 8.53. The molecule has 2 N–H and O–H groups in total. The number of methoxy groups -OCH3 is 1. The van der Waals surface area contributed by atoms with Crippen molar-refractivity contribution in [1.29, 1.82) is 0 Å². The topological polar surface area (TPSA) is 84.1 Å². The summed E-state index contributed by atoms with van der Waals surface area (Å²) in [5.74, 6) is 0.538. The van der Waals surface area contributed by atoms with Crippen molar-refractivity contribution in [2.24, 2.45) is 0 Å². The number of nitrogens with zero attached hydrogens (tertiary/aromatic N) is 1. The molecule has 0 spiro atoms. The van der Waals surface area contributed by atoms with Gasteiger partial charge in [-0.25, -0.2) is 8.42 Å². The van der Waals surface area contributed by atoms with E-state index in [4.69, 9.17) is 4.74 Å². The quantitative estimate of drug-likeness (QED) is 0.879. The fraction of sp³-hybridized carbons (Fsp3) is 0.182. The normalized spacial score (nSPS) is 11.2. The number of nitrogens with one attached hydrogen (secondary N) is 2. The molecular weight excluding hydrogens is 254 g/mol. The highest BCUT2D eigenvalue weighted by atomic mass is 32.2. The fourth-order valence-corrected chi connectivity index (χ4v) is 2.67. The van der Waals surface area contributed by atoms with Crippen LogP contribution >= 0.6 is 0 Å². The van der Waals surface area contributed by atoms with Crippen LogP contribution in [0.3, 0.4) is 0 Å². The van der Waals surface area contributed by atoms with Gasteiger partial charge >= 0.3 is 0 Å². The molecule has 18 heavy (non-hydrogen) atoms. The highest BCUT2D eigenvalue weighted by Gasteiger charge is 2.19. The van der Waals surface area contributed by atoms with Crippen LogP contribution in [0.25, 0.3) is 0 Å². The molecule has 1 aromatic carbocycles. The molecule has 96 valence electrons. The number of H-pyrrole nitrogens is 1. The first kappa shape index (κ1) is 12.4. The summed E-state index contributed by atoms with van der Waals surface area (Å²) in [5.41, 5.74) is 0.771. The highest BCUT2D eigenvalue weighted by Crippen LogP contribution is 2.24. The lowest BCUT2D eigenvalue weighted by atomic mass is 10.3. The van der Waals surface area contributed by atoms with Gasteiger partial charge in [0.2, 0.25) is 0 Å². The molecule has 7 heteroatoms. The van der Waals surface area contributed by atoms with Crippen molar-refractivity contribution in [3.63, 3.8) is 0 Å². The Morgan fingerprint density at radius 3 is 2.67 bits per heavy atom. The summed E-state index contributed by atoms with van der Waals surface area (Å²) in [4.78, 5) is 0.0770. The lowest BCUT2D eigenvalue weighted by Crippen LogP contribution is -2.14. The minimum absolute atomic E-state index is 0.0770. The number of hydrogen-bond acceptors (Lipinski definition) is 4. The summed E-state index contributed by atoms with van der Waals surface area (Å²) in [7, 11) is -2.28. The Hall–Kier alpha value is -2.02. The molecule has 1 heterocycles. The Bertz CT molecular complexity index is 649. The summed E-state index contributed by atoms with van der Waals surface area (Å²) in [6.07, 6.45) is 0. The van der Waals surface area contributed by atoms with Gasteiger partial charge in [-0.15, -0.1) is 0 Å². The number of sulfonamides is 1. The number of aryl methyl sites for hydroxylation is 1. The SMILES string of the molecule is COc1ccccc1S(=O)(=O)Nc1cc(C)[nH]n1. The van der Waals surface area contributed by atoms with Crippen LogP contribution in [-0.2, 0) is 10.0 Å². The summed E-state index contributed by atoms with van der Waals surface area (Å²) < 4.78 is 31.7. The monoisotopic (exact) mass is 267 g/mol. The largest absolute Gasteiger partial charge is 0.495 e. The van der Waals surface area contributed by atoms with Crippen LogP contribution in [0.15, 0.2) is 35.2 Å². The van der Waals surface area contributed by atoms with Gasteiger partial charge in [-0.05, 0) is 19.1 Å². The second kappa shape index (κ2) is 4.69. The Morgan fingerprint density at radius 1 is 1.33 bits per heavy atom. The van der Waals surface area contributed by atoms with E-state index in [1.807, 2.05) is 0 Å². The average Bonchev–Trinajstić information content (AvgIpc) is 2.74. The van der Waals surface area contributed by atoms with E-state index in [1.165, 1.54) is 13.2 Å². The van der Waals surface area contributed by atoms with Crippen LogP contribution in [-0.4, -0.2) is 25.7 Å². The van der Waals surface area contributed by atoms with Gasteiger partial charge in [0.1, 0.15) is 10.6 Å². The number of hydrogen-bond donors (Lipinski definition) is 2. The fourth-order valence-electron chi connectivity index (χ4n) is 1.50. The lowest BCUT2D eigenvalue weighted by Gasteiger charge is -2.09. The van der Waals surface area contributed by atoms with E-state index < -0.39 is 10.0 Å². The summed E-state index contributed by atoms with van der Waals surface area (Å²) >= 11 is 0. The average molecular weight is 267 g/mol. The van der Waals surface area contributed by atoms with E-state index in [0.29, 0.717) is 0 Å². The predicted octanol–water partition coefficient (Wildman–Crippen LogP) is 1.53. The maximum absolute atomic E-state index is 12.1. The van der Waals surface area contributed by atoms with Crippen molar-refractivity contribution in [2.75, 3.05) is 11.8 Å². The molecule has 0 aliphatic heterocycles. The number of aromatic nitrogens is 2. The first-order valence-electron chi connectivity index (χ1n) is 5.21. The van der Waals surface area contributed by atoms with E-state index in [-0.39, 0.29) is 16.5 Å². The van der Waals surface area contributed by atoms with Crippen molar-refractivity contribution in [2.45, 2.75) is 11.8 Å². The van der Waals surface area contributed by atoms with Crippen LogP contribution in [0.1, 0.15) is 5.69 Å². The van der Waals surface area contributed by atoms with E-state index in [0.717, 1.165) is 5.69 Å². The van der Waals surface area contributed by atoms with Crippen molar-refractivity contribution < 1.29 is 13.2 Å². The minimum Gasteiger partial charge on any atom is -0.495 e. The van der Waals surface area contributed by atoms with Gasteiger partial charge in [0.25, 0.3) is 10.0 Å². The number of para-hydroxylation sites is 1. The number of anilines is 1. The molecule has 0 aliphatic rings. The van der Waals surface area contributed by atoms with Crippen molar-refractivity contribution >= 4 is 15.8 Å². The third kappa shape index (κ3) is 2.45. The molecule has 0 saturated heterocycles. The van der Waals surface area contributed by atoms with Crippen LogP contribution in [0, 0.1) is 6.92 Å². The van der Waals surface area contributed by atoms with Crippen LogP contribution in [0.2, 0.25) is 0 Å². The van der Waals surface area contributed by atoms with Gasteiger partial charge in [0.15, 0.2) is 5.82 Å². The van der Waals surface area contributed by atoms with E-state index in [9.17, 15) is 8.42 Å². The zero-order valence-electron chi connectivity index (χ0n) is 9.97. The number of rotatable bonds is 4. The predicted molar refractivity (Wildman–Crippen MR) is 67.1 cm³/mol. The van der Waals surface area contributed by atoms with Gasteiger partial charge in [-0.3, -0.25) is 9.82 Å². The van der Waals surface area contributed by atoms with Gasteiger partial charge in [-0.1, -0.05) is 12.1 Å². The van der Waals surface area contributed by atoms with Gasteiger partial charge in [-0.2, -0.15) is 5.10 Å². The molecular formula is C11H13N3O3S. The minimum atomic E-state index is -3.70. The third-order valence-electron chi connectivity index (χ3n) is 2.30. The molecule has 0 bridgehead atoms. The smallest absolute Gasteiger partial charge is 0.266 e. The van der Waals surface area contributed by atoms with Gasteiger partial charge in [0.05, 0.1) is 7.11 Å². The van der Waals surface area contributed by atoms with E-state index in [1.54, 1.807) is 31.2 Å². The van der Waals surface area contributed by atoms with Crippen LogP contribution in [0.4, 0.5) is 5.82 Å². The Labute approximate surface area is 105 Å². The molecule has 0 radical (unpaired) electrons. The van der Waals surface area contributed by atoms with E-state index >= 15 is 0 Å². The summed E-state index contributed by atoms with van der Waals surface area (Å²) in [6.45, 7) is 1.79. The summed E-state index contributed by atoms with van der Waals surface area (Å²) in [5, 5.41) is 6.49. The second-order valence-electron chi connectivity index (χ2n) is 3.69. The molecule has 0 fully saturated rings. The molecule has 0 unspecified atom stereocenters. The van der Waals surface area contributed by atoms with Gasteiger partial charge < -0.3 is 4.74 Å². The van der Waals surface area contributed by atoms with Crippen LogP contribution in [0.5, 0.6) is 5.75 Å². The van der Waals surface area contributed by atoms with Crippen molar-refractivity contribution in [3.05, 3.63) is 36.0 Å². The highest BCUT2D eigenvalue weighted by molar-refractivity contribution is 7.92. The second-order valence-corrected chi connectivity index (χ2v) is 5.34. The van der Waals surface area contributed by atoms with Crippen molar-refractivity contribution in [1.82, 2.24) is 10.2 Å². The zero-order chi connectivity index (χ0) is 13.2. The Kier molecular flexibility index (Phi) is 3.24. The lowest BCUT2D eigenvalue weighted by molar-refractivity contribution is 0.403. The number of aromatic amines is 1. The molecule has 2 rings (SSSR count). The third-order valence-corrected chi connectivity index (χ3v) is 3.70. The maximum atomic E-state index is 12.1. The Morgan fingerprint density at radius 2 is 2.06 bits per heavy atom. The molecule has 0 amide bonds. The van der Waals surface area contributed by atoms with E-state index in [2.05, 4.69) is 14.9 Å². The maximum Gasteiger partial charge on any atom is 0.266 e. The Balaban J connectivity index is 2.36. The molecule has 2 aromatic rings. The molecule has 6 nitrogen and oxygen atoms in total. The summed E-state index contributed by atoms with van der Waals surface area (Å²) in [6, 6.07) is 8.00. The number of benzene rings is 1. The molecule has 0 saturated carbocycles.